The Morgan fingerprint density at radius 3 is 2.92 bits per heavy atom. The molecule has 12 heavy (non-hydrogen) atoms. The highest BCUT2D eigenvalue weighted by Crippen LogP contribution is 2.19. The highest BCUT2D eigenvalue weighted by Gasteiger charge is 2.24. The number of rotatable bonds is 2. The fourth-order valence-electron chi connectivity index (χ4n) is 1.50. The number of carboxylic acids is 1. The van der Waals surface area contributed by atoms with E-state index >= 15 is 0 Å². The first-order valence-electron chi connectivity index (χ1n) is 4.56. The number of hydrogen-bond donors (Lipinski definition) is 1. The predicted molar refractivity (Wildman–Crippen MR) is 45.0 cm³/mol. The molecule has 1 fully saturated rings. The molecule has 2 unspecified atom stereocenters. The van der Waals surface area contributed by atoms with Gasteiger partial charge in [-0.25, -0.2) is 0 Å². The third-order valence-electron chi connectivity index (χ3n) is 2.41. The molecule has 0 aromatic heterocycles. The first-order chi connectivity index (χ1) is 5.72. The van der Waals surface area contributed by atoms with Gasteiger partial charge in [0, 0.05) is 6.61 Å². The number of carbonyl (C=O) groups is 1. The summed E-state index contributed by atoms with van der Waals surface area (Å²) in [6.45, 7) is 2.45. The summed E-state index contributed by atoms with van der Waals surface area (Å²) in [7, 11) is 0. The molecule has 1 N–H and O–H groups in total. The van der Waals surface area contributed by atoms with Crippen LogP contribution in [-0.2, 0) is 9.53 Å². The van der Waals surface area contributed by atoms with Crippen molar-refractivity contribution in [1.29, 1.82) is 0 Å². The van der Waals surface area contributed by atoms with Gasteiger partial charge in [0.05, 0.1) is 12.0 Å². The highest BCUT2D eigenvalue weighted by molar-refractivity contribution is 5.70. The van der Waals surface area contributed by atoms with Gasteiger partial charge in [-0.2, -0.15) is 0 Å². The standard InChI is InChI=1S/C9H16O3/c1-7(9(10)11)8-5-3-2-4-6-12-8/h7-8H,2-6H2,1H3,(H,10,11). The van der Waals surface area contributed by atoms with Gasteiger partial charge in [-0.15, -0.1) is 0 Å². The largest absolute Gasteiger partial charge is 0.481 e. The third-order valence-corrected chi connectivity index (χ3v) is 2.41. The summed E-state index contributed by atoms with van der Waals surface area (Å²) in [4.78, 5) is 10.6. The molecule has 0 aromatic carbocycles. The Bertz CT molecular complexity index is 148. The van der Waals surface area contributed by atoms with Crippen LogP contribution >= 0.6 is 0 Å². The molecule has 0 aromatic rings. The Morgan fingerprint density at radius 2 is 2.25 bits per heavy atom. The lowest BCUT2D eigenvalue weighted by Crippen LogP contribution is -2.27. The van der Waals surface area contributed by atoms with E-state index in [1.54, 1.807) is 6.92 Å². The number of ether oxygens (including phenoxy) is 1. The van der Waals surface area contributed by atoms with E-state index in [2.05, 4.69) is 0 Å². The van der Waals surface area contributed by atoms with Gasteiger partial charge < -0.3 is 9.84 Å². The van der Waals surface area contributed by atoms with Crippen LogP contribution in [0.4, 0.5) is 0 Å². The summed E-state index contributed by atoms with van der Waals surface area (Å²) in [5.74, 6) is -1.11. The second kappa shape index (κ2) is 4.45. The van der Waals surface area contributed by atoms with Crippen LogP contribution in [0.15, 0.2) is 0 Å². The van der Waals surface area contributed by atoms with Crippen LogP contribution in [0, 0.1) is 5.92 Å². The second-order valence-electron chi connectivity index (χ2n) is 3.39. The molecule has 1 saturated heterocycles. The maximum atomic E-state index is 10.6. The number of carboxylic acid groups (broad SMARTS) is 1. The van der Waals surface area contributed by atoms with Crippen LogP contribution in [0.1, 0.15) is 32.6 Å². The first kappa shape index (κ1) is 9.52. The van der Waals surface area contributed by atoms with Crippen LogP contribution in [0.3, 0.4) is 0 Å². The van der Waals surface area contributed by atoms with Gasteiger partial charge in [-0.05, 0) is 19.8 Å². The molecular formula is C9H16O3. The Kier molecular flexibility index (Phi) is 3.53. The molecule has 0 spiro atoms. The van der Waals surface area contributed by atoms with Gasteiger partial charge in [0.15, 0.2) is 0 Å². The molecule has 0 radical (unpaired) electrons. The normalized spacial score (nSPS) is 27.6. The zero-order chi connectivity index (χ0) is 8.97. The lowest BCUT2D eigenvalue weighted by Gasteiger charge is -2.18. The van der Waals surface area contributed by atoms with E-state index < -0.39 is 5.97 Å². The van der Waals surface area contributed by atoms with E-state index in [1.165, 1.54) is 6.42 Å². The smallest absolute Gasteiger partial charge is 0.308 e. The Hall–Kier alpha value is -0.570. The van der Waals surface area contributed by atoms with Crippen LogP contribution in [-0.4, -0.2) is 23.8 Å². The van der Waals surface area contributed by atoms with Crippen molar-refractivity contribution in [2.24, 2.45) is 5.92 Å². The third kappa shape index (κ3) is 2.48. The predicted octanol–water partition coefficient (Wildman–Crippen LogP) is 1.67. The minimum Gasteiger partial charge on any atom is -0.481 e. The summed E-state index contributed by atoms with van der Waals surface area (Å²) in [5.41, 5.74) is 0. The van der Waals surface area contributed by atoms with Crippen molar-refractivity contribution in [3.8, 4) is 0 Å². The Balaban J connectivity index is 2.42. The van der Waals surface area contributed by atoms with Crippen molar-refractivity contribution in [2.45, 2.75) is 38.7 Å². The molecule has 3 heteroatoms. The maximum absolute atomic E-state index is 10.6. The zero-order valence-corrected chi connectivity index (χ0v) is 7.45. The van der Waals surface area contributed by atoms with Crippen LogP contribution < -0.4 is 0 Å². The lowest BCUT2D eigenvalue weighted by atomic mass is 10.0. The number of aliphatic carboxylic acids is 1. The molecule has 1 aliphatic rings. The van der Waals surface area contributed by atoms with Crippen LogP contribution in [0.2, 0.25) is 0 Å². The molecule has 0 amide bonds. The molecule has 0 aliphatic carbocycles. The van der Waals surface area contributed by atoms with Crippen molar-refractivity contribution in [3.63, 3.8) is 0 Å². The molecule has 0 bridgehead atoms. The van der Waals surface area contributed by atoms with Gasteiger partial charge >= 0.3 is 5.97 Å². The second-order valence-corrected chi connectivity index (χ2v) is 3.39. The van der Waals surface area contributed by atoms with E-state index in [0.29, 0.717) is 0 Å². The van der Waals surface area contributed by atoms with E-state index in [9.17, 15) is 4.79 Å². The highest BCUT2D eigenvalue weighted by atomic mass is 16.5. The van der Waals surface area contributed by atoms with E-state index in [4.69, 9.17) is 9.84 Å². The summed E-state index contributed by atoms with van der Waals surface area (Å²) in [5, 5.41) is 8.75. The van der Waals surface area contributed by atoms with Gasteiger partial charge in [0.25, 0.3) is 0 Å². The molecule has 1 aliphatic heterocycles. The SMILES string of the molecule is CC(C(=O)O)C1CCCCCO1. The van der Waals surface area contributed by atoms with E-state index in [1.807, 2.05) is 0 Å². The summed E-state index contributed by atoms with van der Waals surface area (Å²) in [6.07, 6.45) is 4.17. The summed E-state index contributed by atoms with van der Waals surface area (Å²) < 4.78 is 5.45. The van der Waals surface area contributed by atoms with Gasteiger partial charge in [0.2, 0.25) is 0 Å². The zero-order valence-electron chi connectivity index (χ0n) is 7.45. The van der Waals surface area contributed by atoms with Gasteiger partial charge in [0.1, 0.15) is 0 Å². The minimum atomic E-state index is -0.748. The average Bonchev–Trinajstić information content (AvgIpc) is 2.30. The Labute approximate surface area is 72.7 Å². The first-order valence-corrected chi connectivity index (χ1v) is 4.56. The van der Waals surface area contributed by atoms with Crippen molar-refractivity contribution in [3.05, 3.63) is 0 Å². The van der Waals surface area contributed by atoms with Crippen molar-refractivity contribution < 1.29 is 14.6 Å². The monoisotopic (exact) mass is 172 g/mol. The lowest BCUT2D eigenvalue weighted by molar-refractivity contribution is -0.146. The van der Waals surface area contributed by atoms with Crippen LogP contribution in [0.5, 0.6) is 0 Å². The topological polar surface area (TPSA) is 46.5 Å². The molecule has 70 valence electrons. The minimum absolute atomic E-state index is 0.0648. The van der Waals surface area contributed by atoms with Gasteiger partial charge in [-0.1, -0.05) is 12.8 Å². The molecule has 0 saturated carbocycles. The molecule has 1 rings (SSSR count). The van der Waals surface area contributed by atoms with Gasteiger partial charge in [-0.3, -0.25) is 4.79 Å². The summed E-state index contributed by atoms with van der Waals surface area (Å²) >= 11 is 0. The summed E-state index contributed by atoms with van der Waals surface area (Å²) in [6, 6.07) is 0. The fourth-order valence-corrected chi connectivity index (χ4v) is 1.50. The fraction of sp³-hybridized carbons (Fsp3) is 0.889. The molecular weight excluding hydrogens is 156 g/mol. The maximum Gasteiger partial charge on any atom is 0.308 e. The van der Waals surface area contributed by atoms with Crippen LogP contribution in [0.25, 0.3) is 0 Å². The van der Waals surface area contributed by atoms with Crippen molar-refractivity contribution in [1.82, 2.24) is 0 Å². The number of hydrogen-bond acceptors (Lipinski definition) is 2. The quantitative estimate of drug-likeness (QED) is 0.689. The Morgan fingerprint density at radius 1 is 1.50 bits per heavy atom. The van der Waals surface area contributed by atoms with Crippen molar-refractivity contribution >= 4 is 5.97 Å². The average molecular weight is 172 g/mol. The molecule has 3 nitrogen and oxygen atoms in total. The van der Waals surface area contributed by atoms with E-state index in [0.717, 1.165) is 25.9 Å². The van der Waals surface area contributed by atoms with Crippen molar-refractivity contribution in [2.75, 3.05) is 6.61 Å². The molecule has 1 heterocycles. The molecule has 2 atom stereocenters. The van der Waals surface area contributed by atoms with E-state index in [-0.39, 0.29) is 12.0 Å².